The summed E-state index contributed by atoms with van der Waals surface area (Å²) in [6.07, 6.45) is 4.59. The minimum atomic E-state index is -0.0459. The summed E-state index contributed by atoms with van der Waals surface area (Å²) >= 11 is 7.81. The van der Waals surface area contributed by atoms with Crippen molar-refractivity contribution in [1.82, 2.24) is 9.78 Å². The van der Waals surface area contributed by atoms with Gasteiger partial charge in [-0.15, -0.1) is 11.3 Å². The number of thiophene rings is 1. The standard InChI is InChI=1S/C11H14ClN3S/c1-7-6-16-11(10(7)12)9(13)3-8-4-14-15(2)5-8/h4-6,9H,3,13H2,1-2H3. The molecular weight excluding hydrogens is 242 g/mol. The number of aryl methyl sites for hydroxylation is 2. The van der Waals surface area contributed by atoms with Crippen LogP contribution >= 0.6 is 22.9 Å². The van der Waals surface area contributed by atoms with Crippen LogP contribution in [0.4, 0.5) is 0 Å². The summed E-state index contributed by atoms with van der Waals surface area (Å²) in [6.45, 7) is 2.00. The predicted molar refractivity (Wildman–Crippen MR) is 67.9 cm³/mol. The first-order valence-electron chi connectivity index (χ1n) is 5.04. The summed E-state index contributed by atoms with van der Waals surface area (Å²) in [4.78, 5) is 1.06. The molecule has 0 aromatic carbocycles. The van der Waals surface area contributed by atoms with Crippen LogP contribution in [-0.2, 0) is 13.5 Å². The second-order valence-corrected chi connectivity index (χ2v) is 5.22. The number of nitrogens with zero attached hydrogens (tertiary/aromatic N) is 2. The average Bonchev–Trinajstić information content (AvgIpc) is 2.76. The Balaban J connectivity index is 2.14. The lowest BCUT2D eigenvalue weighted by Crippen LogP contribution is -2.12. The fourth-order valence-corrected chi connectivity index (χ4v) is 2.96. The van der Waals surface area contributed by atoms with Gasteiger partial charge in [-0.3, -0.25) is 4.68 Å². The Morgan fingerprint density at radius 3 is 2.88 bits per heavy atom. The molecule has 0 aliphatic heterocycles. The largest absolute Gasteiger partial charge is 0.323 e. The lowest BCUT2D eigenvalue weighted by Gasteiger charge is -2.08. The zero-order valence-electron chi connectivity index (χ0n) is 9.27. The highest BCUT2D eigenvalue weighted by Crippen LogP contribution is 2.32. The fourth-order valence-electron chi connectivity index (χ4n) is 1.62. The quantitative estimate of drug-likeness (QED) is 0.917. The highest BCUT2D eigenvalue weighted by molar-refractivity contribution is 7.10. The molecule has 2 heterocycles. The van der Waals surface area contributed by atoms with Crippen LogP contribution in [0.25, 0.3) is 0 Å². The van der Waals surface area contributed by atoms with Crippen LogP contribution in [0.15, 0.2) is 17.8 Å². The van der Waals surface area contributed by atoms with Crippen LogP contribution in [0.2, 0.25) is 5.02 Å². The van der Waals surface area contributed by atoms with Crippen molar-refractivity contribution in [3.8, 4) is 0 Å². The van der Waals surface area contributed by atoms with E-state index in [1.54, 1.807) is 16.0 Å². The van der Waals surface area contributed by atoms with Crippen LogP contribution in [0, 0.1) is 6.92 Å². The summed E-state index contributed by atoms with van der Waals surface area (Å²) in [5.41, 5.74) is 8.38. The Morgan fingerprint density at radius 1 is 1.62 bits per heavy atom. The number of hydrogen-bond acceptors (Lipinski definition) is 3. The summed E-state index contributed by atoms with van der Waals surface area (Å²) in [6, 6.07) is -0.0459. The molecule has 86 valence electrons. The maximum atomic E-state index is 6.18. The van der Waals surface area contributed by atoms with E-state index in [1.807, 2.05) is 31.7 Å². The topological polar surface area (TPSA) is 43.8 Å². The number of aromatic nitrogens is 2. The summed E-state index contributed by atoms with van der Waals surface area (Å²) in [5, 5.41) is 6.97. The molecule has 0 spiro atoms. The zero-order chi connectivity index (χ0) is 11.7. The molecule has 1 atom stereocenters. The van der Waals surface area contributed by atoms with Crippen molar-refractivity contribution in [3.63, 3.8) is 0 Å². The molecular formula is C11H14ClN3S. The van der Waals surface area contributed by atoms with Crippen molar-refractivity contribution in [2.75, 3.05) is 0 Å². The van der Waals surface area contributed by atoms with E-state index < -0.39 is 0 Å². The van der Waals surface area contributed by atoms with E-state index in [0.717, 1.165) is 27.4 Å². The Bertz CT molecular complexity index is 489. The van der Waals surface area contributed by atoms with Gasteiger partial charge in [0.1, 0.15) is 0 Å². The zero-order valence-corrected chi connectivity index (χ0v) is 10.8. The lowest BCUT2D eigenvalue weighted by molar-refractivity contribution is 0.732. The molecule has 16 heavy (non-hydrogen) atoms. The molecule has 0 aliphatic rings. The molecule has 2 aromatic rings. The molecule has 0 amide bonds. The van der Waals surface area contributed by atoms with Crippen molar-refractivity contribution < 1.29 is 0 Å². The first-order valence-corrected chi connectivity index (χ1v) is 6.30. The lowest BCUT2D eigenvalue weighted by atomic mass is 10.1. The molecule has 2 aromatic heterocycles. The minimum Gasteiger partial charge on any atom is -0.323 e. The fraction of sp³-hybridized carbons (Fsp3) is 0.364. The third kappa shape index (κ3) is 2.29. The van der Waals surface area contributed by atoms with E-state index in [0.29, 0.717) is 0 Å². The van der Waals surface area contributed by atoms with Crippen molar-refractivity contribution in [1.29, 1.82) is 0 Å². The van der Waals surface area contributed by atoms with Gasteiger partial charge in [0, 0.05) is 24.2 Å². The Morgan fingerprint density at radius 2 is 2.38 bits per heavy atom. The molecule has 0 fully saturated rings. The van der Waals surface area contributed by atoms with E-state index in [4.69, 9.17) is 17.3 Å². The van der Waals surface area contributed by atoms with Gasteiger partial charge in [0.25, 0.3) is 0 Å². The van der Waals surface area contributed by atoms with Crippen LogP contribution < -0.4 is 5.73 Å². The van der Waals surface area contributed by atoms with Crippen LogP contribution in [0.3, 0.4) is 0 Å². The predicted octanol–water partition coefficient (Wildman–Crippen LogP) is 2.69. The van der Waals surface area contributed by atoms with Gasteiger partial charge < -0.3 is 5.73 Å². The van der Waals surface area contributed by atoms with Crippen molar-refractivity contribution in [3.05, 3.63) is 38.8 Å². The van der Waals surface area contributed by atoms with Gasteiger partial charge in [0.05, 0.1) is 11.2 Å². The Labute approximate surface area is 104 Å². The van der Waals surface area contributed by atoms with Crippen molar-refractivity contribution in [2.45, 2.75) is 19.4 Å². The first-order chi connectivity index (χ1) is 7.58. The summed E-state index contributed by atoms with van der Waals surface area (Å²) in [7, 11) is 1.90. The van der Waals surface area contributed by atoms with E-state index in [9.17, 15) is 0 Å². The van der Waals surface area contributed by atoms with Crippen molar-refractivity contribution >= 4 is 22.9 Å². The van der Waals surface area contributed by atoms with Gasteiger partial charge in [-0.2, -0.15) is 5.10 Å². The Kier molecular flexibility index (Phi) is 3.33. The van der Waals surface area contributed by atoms with Gasteiger partial charge in [-0.1, -0.05) is 11.6 Å². The van der Waals surface area contributed by atoms with E-state index in [2.05, 4.69) is 5.10 Å². The highest BCUT2D eigenvalue weighted by Gasteiger charge is 2.15. The molecule has 0 aliphatic carbocycles. The molecule has 1 unspecified atom stereocenters. The number of hydrogen-bond donors (Lipinski definition) is 1. The second kappa shape index (κ2) is 4.57. The molecule has 5 heteroatoms. The molecule has 0 radical (unpaired) electrons. The van der Waals surface area contributed by atoms with Gasteiger partial charge in [0.2, 0.25) is 0 Å². The summed E-state index contributed by atoms with van der Waals surface area (Å²) in [5.74, 6) is 0. The third-order valence-corrected chi connectivity index (χ3v) is 4.32. The Hall–Kier alpha value is -0.840. The third-order valence-electron chi connectivity index (χ3n) is 2.48. The second-order valence-electron chi connectivity index (χ2n) is 3.93. The van der Waals surface area contributed by atoms with E-state index in [-0.39, 0.29) is 6.04 Å². The smallest absolute Gasteiger partial charge is 0.0590 e. The van der Waals surface area contributed by atoms with Crippen molar-refractivity contribution in [2.24, 2.45) is 12.8 Å². The SMILES string of the molecule is Cc1csc(C(N)Cc2cnn(C)c2)c1Cl. The monoisotopic (exact) mass is 255 g/mol. The van der Waals surface area contributed by atoms with Crippen LogP contribution in [-0.4, -0.2) is 9.78 Å². The van der Waals surface area contributed by atoms with E-state index in [1.165, 1.54) is 0 Å². The minimum absolute atomic E-state index is 0.0459. The van der Waals surface area contributed by atoms with E-state index >= 15 is 0 Å². The first kappa shape index (κ1) is 11.6. The number of halogens is 1. The molecule has 3 nitrogen and oxygen atoms in total. The molecule has 2 rings (SSSR count). The molecule has 0 saturated carbocycles. The number of nitrogens with two attached hydrogens (primary N) is 1. The number of rotatable bonds is 3. The summed E-state index contributed by atoms with van der Waals surface area (Å²) < 4.78 is 1.78. The molecule has 0 saturated heterocycles. The van der Waals surface area contributed by atoms with Gasteiger partial charge in [-0.05, 0) is 29.9 Å². The van der Waals surface area contributed by atoms with Crippen LogP contribution in [0.1, 0.15) is 22.0 Å². The van der Waals surface area contributed by atoms with Gasteiger partial charge in [-0.25, -0.2) is 0 Å². The maximum Gasteiger partial charge on any atom is 0.0590 e. The molecule has 0 bridgehead atoms. The maximum absolute atomic E-state index is 6.18. The highest BCUT2D eigenvalue weighted by atomic mass is 35.5. The van der Waals surface area contributed by atoms with Gasteiger partial charge >= 0.3 is 0 Å². The average molecular weight is 256 g/mol. The normalized spacial score (nSPS) is 13.0. The van der Waals surface area contributed by atoms with Gasteiger partial charge in [0.15, 0.2) is 0 Å². The molecule has 2 N–H and O–H groups in total. The van der Waals surface area contributed by atoms with Crippen LogP contribution in [0.5, 0.6) is 0 Å².